The van der Waals surface area contributed by atoms with Crippen molar-refractivity contribution in [3.05, 3.63) is 33.9 Å². The molecule has 1 aromatic rings. The molecule has 1 aromatic carbocycles. The lowest BCUT2D eigenvalue weighted by atomic mass is 10.1. The first kappa shape index (κ1) is 19.6. The van der Waals surface area contributed by atoms with Gasteiger partial charge in [0.25, 0.3) is 11.6 Å². The van der Waals surface area contributed by atoms with Crippen molar-refractivity contribution in [2.24, 2.45) is 5.92 Å². The van der Waals surface area contributed by atoms with Crippen molar-refractivity contribution < 1.29 is 24.0 Å². The van der Waals surface area contributed by atoms with Crippen molar-refractivity contribution in [3.63, 3.8) is 0 Å². The Balaban J connectivity index is 2.00. The van der Waals surface area contributed by atoms with E-state index in [9.17, 15) is 19.7 Å². The van der Waals surface area contributed by atoms with Crippen LogP contribution in [-0.2, 0) is 14.3 Å². The van der Waals surface area contributed by atoms with Gasteiger partial charge in [0, 0.05) is 37.5 Å². The van der Waals surface area contributed by atoms with Gasteiger partial charge in [-0.2, -0.15) is 0 Å². The van der Waals surface area contributed by atoms with Crippen LogP contribution in [0.15, 0.2) is 18.2 Å². The van der Waals surface area contributed by atoms with Crippen LogP contribution in [0.3, 0.4) is 0 Å². The Hall–Kier alpha value is -2.68. The number of rotatable bonds is 10. The third-order valence-electron chi connectivity index (χ3n) is 4.11. The number of anilines is 1. The fraction of sp³-hybridized carbons (Fsp3) is 0.529. The number of carbonyl (C=O) groups excluding carboxylic acids is 2. The molecule has 2 N–H and O–H groups in total. The zero-order valence-electron chi connectivity index (χ0n) is 14.8. The molecule has 1 saturated carbocycles. The van der Waals surface area contributed by atoms with Crippen LogP contribution in [0.25, 0.3) is 0 Å². The summed E-state index contributed by atoms with van der Waals surface area (Å²) in [4.78, 5) is 34.5. The average molecular weight is 365 g/mol. The van der Waals surface area contributed by atoms with Gasteiger partial charge < -0.3 is 20.1 Å². The molecule has 1 atom stereocenters. The number of nitrogens with one attached hydrogen (secondary N) is 2. The van der Waals surface area contributed by atoms with Gasteiger partial charge >= 0.3 is 5.97 Å². The second-order valence-electron chi connectivity index (χ2n) is 6.18. The molecule has 0 aromatic heterocycles. The molecule has 0 spiro atoms. The summed E-state index contributed by atoms with van der Waals surface area (Å²) < 4.78 is 9.95. The van der Waals surface area contributed by atoms with Crippen molar-refractivity contribution in [1.82, 2.24) is 5.32 Å². The summed E-state index contributed by atoms with van der Waals surface area (Å²) >= 11 is 0. The second kappa shape index (κ2) is 9.14. The highest BCUT2D eigenvalue weighted by atomic mass is 16.6. The highest BCUT2D eigenvalue weighted by Crippen LogP contribution is 2.32. The van der Waals surface area contributed by atoms with Gasteiger partial charge in [-0.05, 0) is 31.7 Å². The summed E-state index contributed by atoms with van der Waals surface area (Å²) in [6.45, 7) is 2.28. The molecule has 9 heteroatoms. The lowest BCUT2D eigenvalue weighted by Crippen LogP contribution is -2.37. The normalized spacial score (nSPS) is 14.4. The number of nitrogens with zero attached hydrogens (tertiary/aromatic N) is 1. The maximum atomic E-state index is 12.3. The fourth-order valence-electron chi connectivity index (χ4n) is 2.48. The quantitative estimate of drug-likeness (QED) is 0.280. The zero-order chi connectivity index (χ0) is 19.1. The fourth-order valence-corrected chi connectivity index (χ4v) is 2.48. The molecular weight excluding hydrogens is 342 g/mol. The van der Waals surface area contributed by atoms with Crippen LogP contribution in [0.4, 0.5) is 11.4 Å². The van der Waals surface area contributed by atoms with E-state index in [1.165, 1.54) is 19.2 Å². The van der Waals surface area contributed by atoms with E-state index in [-0.39, 0.29) is 17.3 Å². The summed E-state index contributed by atoms with van der Waals surface area (Å²) in [5.41, 5.74) is 0.142. The zero-order valence-corrected chi connectivity index (χ0v) is 14.8. The van der Waals surface area contributed by atoms with Crippen molar-refractivity contribution >= 4 is 23.3 Å². The number of methoxy groups -OCH3 is 1. The number of hydrogen-bond acceptors (Lipinski definition) is 7. The number of hydrogen-bond donors (Lipinski definition) is 2. The molecule has 0 aliphatic heterocycles. The molecule has 26 heavy (non-hydrogen) atoms. The number of nitro groups is 1. The molecule has 0 heterocycles. The summed E-state index contributed by atoms with van der Waals surface area (Å²) in [6, 6.07) is 3.89. The summed E-state index contributed by atoms with van der Waals surface area (Å²) in [5, 5.41) is 16.7. The van der Waals surface area contributed by atoms with Gasteiger partial charge in [-0.1, -0.05) is 0 Å². The Morgan fingerprint density at radius 3 is 2.73 bits per heavy atom. The summed E-state index contributed by atoms with van der Waals surface area (Å²) in [7, 11) is 1.54. The number of carbonyl (C=O) groups is 2. The van der Waals surface area contributed by atoms with E-state index >= 15 is 0 Å². The minimum Gasteiger partial charge on any atom is -0.452 e. The smallest absolute Gasteiger partial charge is 0.341 e. The van der Waals surface area contributed by atoms with Crippen molar-refractivity contribution in [2.45, 2.75) is 25.8 Å². The third-order valence-corrected chi connectivity index (χ3v) is 4.11. The standard InChI is InChI=1S/C17H23N3O6/c1-11(12-3-4-12)19-16(21)10-26-17(22)14-9-13(20(23)24)5-6-15(14)18-7-8-25-2/h5-6,9,11-12,18H,3-4,7-8,10H2,1-2H3,(H,19,21)/t11-/m0/s1. The topological polar surface area (TPSA) is 120 Å². The van der Waals surface area contributed by atoms with E-state index in [1.807, 2.05) is 6.92 Å². The SMILES string of the molecule is COCCNc1ccc([N+](=O)[O-])cc1C(=O)OCC(=O)N[C@@H](C)C1CC1. The molecule has 1 aliphatic carbocycles. The Kier molecular flexibility index (Phi) is 6.90. The highest BCUT2D eigenvalue weighted by Gasteiger charge is 2.29. The van der Waals surface area contributed by atoms with Crippen molar-refractivity contribution in [3.8, 4) is 0 Å². The van der Waals surface area contributed by atoms with Gasteiger partial charge in [-0.15, -0.1) is 0 Å². The Morgan fingerprint density at radius 2 is 2.12 bits per heavy atom. The van der Waals surface area contributed by atoms with E-state index < -0.39 is 23.4 Å². The van der Waals surface area contributed by atoms with E-state index in [4.69, 9.17) is 9.47 Å². The molecular formula is C17H23N3O6. The van der Waals surface area contributed by atoms with Gasteiger partial charge in [-0.25, -0.2) is 4.79 Å². The molecule has 142 valence electrons. The first-order valence-corrected chi connectivity index (χ1v) is 8.40. The predicted molar refractivity (Wildman–Crippen MR) is 94.1 cm³/mol. The lowest BCUT2D eigenvalue weighted by Gasteiger charge is -2.14. The number of nitro benzene ring substituents is 1. The van der Waals surface area contributed by atoms with Crippen LogP contribution in [0, 0.1) is 16.0 Å². The maximum Gasteiger partial charge on any atom is 0.341 e. The number of esters is 1. The van der Waals surface area contributed by atoms with Gasteiger partial charge in [0.2, 0.25) is 0 Å². The largest absolute Gasteiger partial charge is 0.452 e. The highest BCUT2D eigenvalue weighted by molar-refractivity contribution is 5.97. The van der Waals surface area contributed by atoms with Gasteiger partial charge in [0.15, 0.2) is 6.61 Å². The van der Waals surface area contributed by atoms with Crippen LogP contribution in [0.2, 0.25) is 0 Å². The van der Waals surface area contributed by atoms with Crippen LogP contribution < -0.4 is 10.6 Å². The molecule has 2 rings (SSSR count). The minimum atomic E-state index is -0.803. The van der Waals surface area contributed by atoms with Crippen LogP contribution in [0.5, 0.6) is 0 Å². The molecule has 0 radical (unpaired) electrons. The Labute approximate surface area is 151 Å². The average Bonchev–Trinajstić information content (AvgIpc) is 3.45. The molecule has 1 fully saturated rings. The monoisotopic (exact) mass is 365 g/mol. The molecule has 0 unspecified atom stereocenters. The van der Waals surface area contributed by atoms with E-state index in [2.05, 4.69) is 10.6 Å². The first-order valence-electron chi connectivity index (χ1n) is 8.40. The van der Waals surface area contributed by atoms with Gasteiger partial charge in [-0.3, -0.25) is 14.9 Å². The summed E-state index contributed by atoms with van der Waals surface area (Å²) in [5.74, 6) is -0.706. The van der Waals surface area contributed by atoms with E-state index in [1.54, 1.807) is 0 Å². The molecule has 0 saturated heterocycles. The van der Waals surface area contributed by atoms with Gasteiger partial charge in [0.05, 0.1) is 17.1 Å². The second-order valence-corrected chi connectivity index (χ2v) is 6.18. The number of non-ortho nitro benzene ring substituents is 1. The minimum absolute atomic E-state index is 0.00153. The number of ether oxygens (including phenoxy) is 2. The maximum absolute atomic E-state index is 12.3. The third kappa shape index (κ3) is 5.69. The van der Waals surface area contributed by atoms with Crippen molar-refractivity contribution in [2.75, 3.05) is 32.2 Å². The molecule has 9 nitrogen and oxygen atoms in total. The lowest BCUT2D eigenvalue weighted by molar-refractivity contribution is -0.384. The molecule has 1 amide bonds. The molecule has 0 bridgehead atoms. The number of benzene rings is 1. The Morgan fingerprint density at radius 1 is 1.38 bits per heavy atom. The van der Waals surface area contributed by atoms with Crippen LogP contribution in [0.1, 0.15) is 30.1 Å². The summed E-state index contributed by atoms with van der Waals surface area (Å²) in [6.07, 6.45) is 2.18. The number of amides is 1. The Bertz CT molecular complexity index is 674. The van der Waals surface area contributed by atoms with Gasteiger partial charge in [0.1, 0.15) is 0 Å². The van der Waals surface area contributed by atoms with Crippen LogP contribution in [-0.4, -0.2) is 49.7 Å². The van der Waals surface area contributed by atoms with Crippen molar-refractivity contribution in [1.29, 1.82) is 0 Å². The van der Waals surface area contributed by atoms with E-state index in [0.29, 0.717) is 24.8 Å². The van der Waals surface area contributed by atoms with Crippen LogP contribution >= 0.6 is 0 Å². The van der Waals surface area contributed by atoms with E-state index in [0.717, 1.165) is 18.9 Å². The predicted octanol–water partition coefficient (Wildman–Crippen LogP) is 1.72. The molecule has 1 aliphatic rings. The first-order chi connectivity index (χ1) is 12.4.